The quantitative estimate of drug-likeness (QED) is 0.571. The van der Waals surface area contributed by atoms with Crippen molar-refractivity contribution in [2.24, 2.45) is 0 Å². The van der Waals surface area contributed by atoms with Crippen LogP contribution >= 0.6 is 22.9 Å². The molecule has 13 heteroatoms. The lowest BCUT2D eigenvalue weighted by Gasteiger charge is -2.21. The smallest absolute Gasteiger partial charge is 0.322 e. The van der Waals surface area contributed by atoms with Gasteiger partial charge in [-0.1, -0.05) is 16.7 Å². The Morgan fingerprint density at radius 3 is 2.75 bits per heavy atom. The van der Waals surface area contributed by atoms with Crippen LogP contribution in [0, 0.1) is 0 Å². The van der Waals surface area contributed by atoms with Crippen LogP contribution in [0.4, 0.5) is 6.01 Å². The van der Waals surface area contributed by atoms with E-state index in [4.69, 9.17) is 25.5 Å². The number of ether oxygens (including phenoxy) is 2. The molecule has 2 aliphatic heterocycles. The molecule has 1 atom stereocenters. The molecule has 0 unspecified atom stereocenters. The molecule has 1 fully saturated rings. The Balaban J connectivity index is 1.32. The van der Waals surface area contributed by atoms with E-state index in [0.29, 0.717) is 47.5 Å². The van der Waals surface area contributed by atoms with Crippen LogP contribution in [-0.2, 0) is 14.8 Å². The zero-order valence-corrected chi connectivity index (χ0v) is 18.9. The lowest BCUT2D eigenvalue weighted by molar-refractivity contribution is -0.119. The summed E-state index contributed by atoms with van der Waals surface area (Å²) >= 11 is 6.84. The van der Waals surface area contributed by atoms with Gasteiger partial charge in [0.1, 0.15) is 23.5 Å². The summed E-state index contributed by atoms with van der Waals surface area (Å²) in [6.07, 6.45) is 0.941. The van der Waals surface area contributed by atoms with Crippen LogP contribution in [0.15, 0.2) is 39.0 Å². The number of fused-ring (bicyclic) bond motifs is 1. The van der Waals surface area contributed by atoms with E-state index in [1.807, 2.05) is 0 Å². The molecule has 2 aliphatic rings. The van der Waals surface area contributed by atoms with Crippen LogP contribution in [0.3, 0.4) is 0 Å². The van der Waals surface area contributed by atoms with E-state index in [2.05, 4.69) is 15.5 Å². The number of carbonyl (C=O) groups is 1. The molecule has 0 aliphatic carbocycles. The van der Waals surface area contributed by atoms with Gasteiger partial charge in [-0.3, -0.25) is 10.1 Å². The summed E-state index contributed by atoms with van der Waals surface area (Å²) in [5.41, 5.74) is 0.599. The highest BCUT2D eigenvalue weighted by Gasteiger charge is 2.40. The Labute approximate surface area is 192 Å². The molecule has 1 saturated heterocycles. The SMILES string of the molecule is O=C(Nc1nnc(-c2ccc3c(c2)OCCO3)o1)[C@@H]1CCCN1S(=O)(=O)c1ccc(Cl)s1. The summed E-state index contributed by atoms with van der Waals surface area (Å²) in [5, 5.41) is 10.4. The number of rotatable bonds is 5. The molecular formula is C19H17ClN4O6S2. The number of anilines is 1. The number of nitrogens with one attached hydrogen (secondary N) is 1. The molecule has 5 rings (SSSR count). The summed E-state index contributed by atoms with van der Waals surface area (Å²) in [6, 6.07) is 7.14. The third-order valence-corrected chi connectivity index (χ3v) is 8.67. The van der Waals surface area contributed by atoms with Crippen LogP contribution in [0.25, 0.3) is 11.5 Å². The van der Waals surface area contributed by atoms with Gasteiger partial charge in [0.2, 0.25) is 11.8 Å². The molecule has 1 aromatic carbocycles. The molecule has 1 N–H and O–H groups in total. The number of amides is 1. The molecule has 0 radical (unpaired) electrons. The van der Waals surface area contributed by atoms with Crippen LogP contribution in [0.2, 0.25) is 4.34 Å². The summed E-state index contributed by atoms with van der Waals surface area (Å²) < 4.78 is 44.1. The van der Waals surface area contributed by atoms with Crippen molar-refractivity contribution in [2.45, 2.75) is 23.1 Å². The summed E-state index contributed by atoms with van der Waals surface area (Å²) in [7, 11) is -3.84. The number of halogens is 1. The second-order valence-corrected chi connectivity index (χ2v) is 10.9. The Bertz CT molecular complexity index is 1270. The third kappa shape index (κ3) is 3.94. The molecule has 3 aromatic rings. The monoisotopic (exact) mass is 496 g/mol. The van der Waals surface area contributed by atoms with Crippen molar-refractivity contribution < 1.29 is 27.1 Å². The fourth-order valence-electron chi connectivity index (χ4n) is 3.60. The second kappa shape index (κ2) is 8.35. The number of benzene rings is 1. The molecule has 32 heavy (non-hydrogen) atoms. The lowest BCUT2D eigenvalue weighted by atomic mass is 10.2. The number of hydrogen-bond acceptors (Lipinski definition) is 9. The average Bonchev–Trinajstić information content (AvgIpc) is 3.54. The fourth-order valence-corrected chi connectivity index (χ4v) is 6.87. The standard InChI is InChI=1S/C19H17ClN4O6S2/c20-15-5-6-16(31-15)32(26,27)24-7-1-2-12(24)17(25)21-19-23-22-18(30-19)11-3-4-13-14(10-11)29-9-8-28-13/h3-6,10,12H,1-2,7-9H2,(H,21,23,25)/t12-/m0/s1. The molecule has 168 valence electrons. The predicted octanol–water partition coefficient (Wildman–Crippen LogP) is 3.01. The zero-order chi connectivity index (χ0) is 22.3. The van der Waals surface area contributed by atoms with E-state index >= 15 is 0 Å². The first kappa shape index (κ1) is 21.2. The number of aromatic nitrogens is 2. The highest BCUT2D eigenvalue weighted by atomic mass is 35.5. The van der Waals surface area contributed by atoms with Crippen LogP contribution in [0.5, 0.6) is 11.5 Å². The van der Waals surface area contributed by atoms with E-state index in [1.165, 1.54) is 16.4 Å². The minimum atomic E-state index is -3.84. The number of hydrogen-bond donors (Lipinski definition) is 1. The van der Waals surface area contributed by atoms with Gasteiger partial charge >= 0.3 is 6.01 Å². The molecular weight excluding hydrogens is 480 g/mol. The summed E-state index contributed by atoms with van der Waals surface area (Å²) in [6.45, 7) is 1.17. The largest absolute Gasteiger partial charge is 0.486 e. The van der Waals surface area contributed by atoms with Crippen molar-refractivity contribution in [3.05, 3.63) is 34.7 Å². The van der Waals surface area contributed by atoms with E-state index in [-0.39, 0.29) is 22.7 Å². The Hall–Kier alpha value is -2.67. The van der Waals surface area contributed by atoms with Crippen LogP contribution < -0.4 is 14.8 Å². The summed E-state index contributed by atoms with van der Waals surface area (Å²) in [4.78, 5) is 12.8. The first-order chi connectivity index (χ1) is 15.4. The van der Waals surface area contributed by atoms with Crippen molar-refractivity contribution in [2.75, 3.05) is 25.1 Å². The van der Waals surface area contributed by atoms with E-state index in [9.17, 15) is 13.2 Å². The number of thiophene rings is 1. The zero-order valence-electron chi connectivity index (χ0n) is 16.5. The molecule has 10 nitrogen and oxygen atoms in total. The number of nitrogens with zero attached hydrogens (tertiary/aromatic N) is 3. The minimum absolute atomic E-state index is 0.0980. The maximum absolute atomic E-state index is 12.9. The minimum Gasteiger partial charge on any atom is -0.486 e. The van der Waals surface area contributed by atoms with Gasteiger partial charge in [0.25, 0.3) is 10.0 Å². The molecule has 1 amide bonds. The highest BCUT2D eigenvalue weighted by Crippen LogP contribution is 2.35. The van der Waals surface area contributed by atoms with Crippen molar-refractivity contribution in [3.63, 3.8) is 0 Å². The molecule has 2 aromatic heterocycles. The Kier molecular flexibility index (Phi) is 5.53. The van der Waals surface area contributed by atoms with Gasteiger partial charge in [-0.25, -0.2) is 8.42 Å². The highest BCUT2D eigenvalue weighted by molar-refractivity contribution is 7.91. The van der Waals surface area contributed by atoms with Gasteiger partial charge in [0, 0.05) is 12.1 Å². The number of sulfonamides is 1. The van der Waals surface area contributed by atoms with Gasteiger partial charge in [0.05, 0.1) is 4.34 Å². The van der Waals surface area contributed by atoms with Gasteiger partial charge in [-0.15, -0.1) is 16.4 Å². The molecule has 0 bridgehead atoms. The molecule has 0 saturated carbocycles. The first-order valence-electron chi connectivity index (χ1n) is 9.73. The van der Waals surface area contributed by atoms with Crippen molar-refractivity contribution in [1.82, 2.24) is 14.5 Å². The normalized spacial score (nSPS) is 18.6. The van der Waals surface area contributed by atoms with Gasteiger partial charge < -0.3 is 13.9 Å². The maximum Gasteiger partial charge on any atom is 0.322 e. The van der Waals surface area contributed by atoms with Gasteiger partial charge in [-0.05, 0) is 43.2 Å². The van der Waals surface area contributed by atoms with E-state index < -0.39 is 22.0 Å². The number of carbonyl (C=O) groups excluding carboxylic acids is 1. The van der Waals surface area contributed by atoms with Gasteiger partial charge in [0.15, 0.2) is 11.5 Å². The van der Waals surface area contributed by atoms with E-state index in [0.717, 1.165) is 11.3 Å². The van der Waals surface area contributed by atoms with Gasteiger partial charge in [-0.2, -0.15) is 4.31 Å². The van der Waals surface area contributed by atoms with Crippen LogP contribution in [0.1, 0.15) is 12.8 Å². The van der Waals surface area contributed by atoms with Crippen molar-refractivity contribution in [1.29, 1.82) is 0 Å². The maximum atomic E-state index is 12.9. The van der Waals surface area contributed by atoms with Crippen molar-refractivity contribution in [3.8, 4) is 23.0 Å². The third-order valence-electron chi connectivity index (χ3n) is 5.06. The molecule has 4 heterocycles. The summed E-state index contributed by atoms with van der Waals surface area (Å²) in [5.74, 6) is 0.841. The second-order valence-electron chi connectivity index (χ2n) is 7.09. The lowest BCUT2D eigenvalue weighted by Crippen LogP contribution is -2.42. The topological polar surface area (TPSA) is 124 Å². The molecule has 0 spiro atoms. The first-order valence-corrected chi connectivity index (χ1v) is 12.4. The predicted molar refractivity (Wildman–Crippen MR) is 116 cm³/mol. The fraction of sp³-hybridized carbons (Fsp3) is 0.316. The Morgan fingerprint density at radius 1 is 1.16 bits per heavy atom. The van der Waals surface area contributed by atoms with E-state index in [1.54, 1.807) is 18.2 Å². The Morgan fingerprint density at radius 2 is 1.97 bits per heavy atom. The average molecular weight is 497 g/mol. The van der Waals surface area contributed by atoms with Crippen molar-refractivity contribution >= 4 is 44.9 Å². The van der Waals surface area contributed by atoms with Crippen LogP contribution in [-0.4, -0.2) is 54.6 Å².